The number of nitrogens with zero attached hydrogens (tertiary/aromatic N) is 3. The number of alkyl halides is 3. The average Bonchev–Trinajstić information content (AvgIpc) is 2.76. The second-order valence-electron chi connectivity index (χ2n) is 7.75. The monoisotopic (exact) mass is 449 g/mol. The van der Waals surface area contributed by atoms with Crippen molar-refractivity contribution < 1.29 is 22.3 Å². The number of ether oxygens (including phenoxy) is 1. The number of morpholine rings is 1. The van der Waals surface area contributed by atoms with Gasteiger partial charge in [0.2, 0.25) is 0 Å². The Balaban J connectivity index is 1.73. The molecule has 32 heavy (non-hydrogen) atoms. The van der Waals surface area contributed by atoms with Crippen molar-refractivity contribution in [1.29, 1.82) is 0 Å². The molecule has 2 heterocycles. The maximum atomic E-state index is 14.0. The number of nitrogens with one attached hydrogen (secondary N) is 1. The van der Waals surface area contributed by atoms with Crippen LogP contribution in [-0.2, 0) is 10.9 Å². The van der Waals surface area contributed by atoms with Gasteiger partial charge in [0, 0.05) is 29.5 Å². The highest BCUT2D eigenvalue weighted by molar-refractivity contribution is 5.95. The van der Waals surface area contributed by atoms with Crippen LogP contribution in [0.4, 0.5) is 29.1 Å². The van der Waals surface area contributed by atoms with Crippen molar-refractivity contribution >= 4 is 22.3 Å². The minimum absolute atomic E-state index is 0.00261. The van der Waals surface area contributed by atoms with Gasteiger partial charge in [-0.1, -0.05) is 6.07 Å². The Morgan fingerprint density at radius 3 is 2.47 bits per heavy atom. The third-order valence-corrected chi connectivity index (χ3v) is 5.67. The number of aryl methyl sites for hydroxylation is 1. The first-order valence-corrected chi connectivity index (χ1v) is 10.1. The van der Waals surface area contributed by atoms with Gasteiger partial charge >= 0.3 is 6.18 Å². The van der Waals surface area contributed by atoms with Crippen LogP contribution >= 0.6 is 0 Å². The normalized spacial score (nSPS) is 15.8. The number of fused-ring (bicyclic) bond motifs is 1. The second kappa shape index (κ2) is 8.51. The lowest BCUT2D eigenvalue weighted by Crippen LogP contribution is -2.36. The van der Waals surface area contributed by atoms with Gasteiger partial charge in [0.05, 0.1) is 24.5 Å². The molecule has 0 spiro atoms. The number of halogens is 4. The van der Waals surface area contributed by atoms with E-state index in [0.29, 0.717) is 30.8 Å². The lowest BCUT2D eigenvalue weighted by atomic mass is 9.99. The average molecular weight is 449 g/mol. The van der Waals surface area contributed by atoms with Crippen LogP contribution in [0, 0.1) is 19.7 Å². The molecule has 4 rings (SSSR count). The first-order chi connectivity index (χ1) is 15.1. The number of rotatable bonds is 4. The fourth-order valence-corrected chi connectivity index (χ4v) is 3.94. The molecule has 1 fully saturated rings. The third-order valence-electron chi connectivity index (χ3n) is 5.67. The van der Waals surface area contributed by atoms with E-state index in [1.807, 2.05) is 25.1 Å². The first kappa shape index (κ1) is 22.2. The summed E-state index contributed by atoms with van der Waals surface area (Å²) < 4.78 is 59.3. The predicted molar refractivity (Wildman–Crippen MR) is 114 cm³/mol. The fourth-order valence-electron chi connectivity index (χ4n) is 3.94. The fraction of sp³-hybridized carbons (Fsp3) is 0.364. The largest absolute Gasteiger partial charge is 0.416 e. The molecule has 3 aromatic rings. The molecule has 1 saturated heterocycles. The molecule has 0 bridgehead atoms. The molecule has 1 atom stereocenters. The molecule has 0 aliphatic carbocycles. The van der Waals surface area contributed by atoms with Gasteiger partial charge in [-0.05, 0) is 49.2 Å². The van der Waals surface area contributed by atoms with Gasteiger partial charge in [-0.2, -0.15) is 18.3 Å². The number of benzene rings is 2. The zero-order valence-electron chi connectivity index (χ0n) is 17.6. The summed E-state index contributed by atoms with van der Waals surface area (Å²) in [4.78, 5) is 2.18. The summed E-state index contributed by atoms with van der Waals surface area (Å²) in [6, 6.07) is 7.33. The minimum atomic E-state index is -4.69. The Hall–Kier alpha value is -2.98. The van der Waals surface area contributed by atoms with E-state index in [2.05, 4.69) is 20.4 Å². The number of aromatic nitrogens is 2. The van der Waals surface area contributed by atoms with Crippen LogP contribution in [0.15, 0.2) is 30.3 Å². The maximum Gasteiger partial charge on any atom is 0.416 e. The smallest absolute Gasteiger partial charge is 0.378 e. The van der Waals surface area contributed by atoms with Crippen LogP contribution < -0.4 is 16.0 Å². The number of hydrogen-bond donors (Lipinski definition) is 2. The summed E-state index contributed by atoms with van der Waals surface area (Å²) in [5.74, 6) is -0.699. The van der Waals surface area contributed by atoms with Gasteiger partial charge in [-0.15, -0.1) is 5.10 Å². The van der Waals surface area contributed by atoms with E-state index in [-0.39, 0.29) is 11.1 Å². The third kappa shape index (κ3) is 4.33. The molecule has 10 heteroatoms. The van der Waals surface area contributed by atoms with Crippen LogP contribution in [0.1, 0.15) is 28.6 Å². The molecule has 1 aliphatic heterocycles. The summed E-state index contributed by atoms with van der Waals surface area (Å²) in [7, 11) is 0. The summed E-state index contributed by atoms with van der Waals surface area (Å²) in [6.45, 7) is 5.83. The van der Waals surface area contributed by atoms with Crippen molar-refractivity contribution in [3.63, 3.8) is 0 Å². The van der Waals surface area contributed by atoms with Crippen molar-refractivity contribution in [2.24, 2.45) is 5.73 Å². The standard InChI is InChI=1S/C22H23F4N5O/c1-12-17(9-14(23)10-19(12)22(24,25)26)20(27)28-21-18-11-15(31-5-7-32-8-6-31)3-4-16(18)13(2)29-30-21/h3-4,9-11,20H,5-8,27H2,1-2H3,(H,28,30)/t20-/m0/s1. The van der Waals surface area contributed by atoms with E-state index in [1.165, 1.54) is 6.92 Å². The molecule has 3 N–H and O–H groups in total. The first-order valence-electron chi connectivity index (χ1n) is 10.1. The Morgan fingerprint density at radius 2 is 1.78 bits per heavy atom. The molecular weight excluding hydrogens is 426 g/mol. The molecule has 0 amide bonds. The van der Waals surface area contributed by atoms with Crippen molar-refractivity contribution in [2.75, 3.05) is 36.5 Å². The van der Waals surface area contributed by atoms with Gasteiger partial charge in [0.15, 0.2) is 5.82 Å². The molecule has 1 aromatic heterocycles. The molecule has 0 radical (unpaired) electrons. The Bertz CT molecular complexity index is 1150. The van der Waals surface area contributed by atoms with Crippen LogP contribution in [0.3, 0.4) is 0 Å². The number of anilines is 2. The Labute approximate surface area is 182 Å². The van der Waals surface area contributed by atoms with Crippen molar-refractivity contribution in [1.82, 2.24) is 10.2 Å². The molecule has 1 aliphatic rings. The van der Waals surface area contributed by atoms with Gasteiger partial charge in [-0.25, -0.2) is 4.39 Å². The molecule has 0 saturated carbocycles. The zero-order chi connectivity index (χ0) is 23.0. The molecular formula is C22H23F4N5O. The Kier molecular flexibility index (Phi) is 5.91. The topological polar surface area (TPSA) is 76.3 Å². The highest BCUT2D eigenvalue weighted by Crippen LogP contribution is 2.36. The van der Waals surface area contributed by atoms with Gasteiger partial charge < -0.3 is 20.7 Å². The summed E-state index contributed by atoms with van der Waals surface area (Å²) >= 11 is 0. The van der Waals surface area contributed by atoms with E-state index < -0.39 is 23.7 Å². The minimum Gasteiger partial charge on any atom is -0.378 e. The second-order valence-corrected chi connectivity index (χ2v) is 7.75. The van der Waals surface area contributed by atoms with Crippen molar-refractivity contribution in [3.05, 3.63) is 58.5 Å². The van der Waals surface area contributed by atoms with Crippen LogP contribution in [0.5, 0.6) is 0 Å². The SMILES string of the molecule is Cc1c([C@@H](N)Nc2nnc(C)c3ccc(N4CCOCC4)cc23)cc(F)cc1C(F)(F)F. The lowest BCUT2D eigenvalue weighted by Gasteiger charge is -2.29. The molecule has 6 nitrogen and oxygen atoms in total. The van der Waals surface area contributed by atoms with Crippen LogP contribution in [-0.4, -0.2) is 36.5 Å². The highest BCUT2D eigenvalue weighted by atomic mass is 19.4. The predicted octanol–water partition coefficient (Wildman–Crippen LogP) is 4.31. The van der Waals surface area contributed by atoms with Crippen molar-refractivity contribution in [3.8, 4) is 0 Å². The van der Waals surface area contributed by atoms with Crippen LogP contribution in [0.25, 0.3) is 10.8 Å². The van der Waals surface area contributed by atoms with E-state index in [1.54, 1.807) is 0 Å². The maximum absolute atomic E-state index is 14.0. The van der Waals surface area contributed by atoms with Gasteiger partial charge in [-0.3, -0.25) is 0 Å². The highest BCUT2D eigenvalue weighted by Gasteiger charge is 2.34. The van der Waals surface area contributed by atoms with E-state index in [9.17, 15) is 17.6 Å². The number of hydrogen-bond acceptors (Lipinski definition) is 6. The lowest BCUT2D eigenvalue weighted by molar-refractivity contribution is -0.138. The Morgan fingerprint density at radius 1 is 1.06 bits per heavy atom. The van der Waals surface area contributed by atoms with Gasteiger partial charge in [0.1, 0.15) is 12.0 Å². The summed E-state index contributed by atoms with van der Waals surface area (Å²) in [6.07, 6.45) is -5.82. The van der Waals surface area contributed by atoms with E-state index in [0.717, 1.165) is 35.6 Å². The quantitative estimate of drug-likeness (QED) is 0.457. The number of nitrogens with two attached hydrogens (primary N) is 1. The van der Waals surface area contributed by atoms with Crippen LogP contribution in [0.2, 0.25) is 0 Å². The molecule has 2 aromatic carbocycles. The zero-order valence-corrected chi connectivity index (χ0v) is 17.6. The molecule has 0 unspecified atom stereocenters. The molecule has 170 valence electrons. The van der Waals surface area contributed by atoms with Crippen molar-refractivity contribution in [2.45, 2.75) is 26.2 Å². The van der Waals surface area contributed by atoms with E-state index in [4.69, 9.17) is 10.5 Å². The van der Waals surface area contributed by atoms with Gasteiger partial charge in [0.25, 0.3) is 0 Å². The summed E-state index contributed by atoms with van der Waals surface area (Å²) in [5, 5.41) is 12.8. The summed E-state index contributed by atoms with van der Waals surface area (Å²) in [5.41, 5.74) is 6.65. The van der Waals surface area contributed by atoms with E-state index >= 15 is 0 Å².